The maximum Gasteiger partial charge on any atom is 0.0723 e. The molecular formula is C16H34N2O. The van der Waals surface area contributed by atoms with Gasteiger partial charge in [-0.3, -0.25) is 0 Å². The van der Waals surface area contributed by atoms with Gasteiger partial charge in [0.1, 0.15) is 0 Å². The number of nitrogens with zero attached hydrogens (tertiary/aromatic N) is 1. The maximum atomic E-state index is 6.10. The van der Waals surface area contributed by atoms with Gasteiger partial charge in [-0.05, 0) is 52.6 Å². The second kappa shape index (κ2) is 8.23. The van der Waals surface area contributed by atoms with E-state index in [1.807, 2.05) is 0 Å². The molecule has 0 spiro atoms. The summed E-state index contributed by atoms with van der Waals surface area (Å²) in [5, 5.41) is 3.55. The van der Waals surface area contributed by atoms with Gasteiger partial charge in [-0.1, -0.05) is 20.3 Å². The summed E-state index contributed by atoms with van der Waals surface area (Å²) >= 11 is 0. The Hall–Kier alpha value is -0.120. The molecule has 0 aliphatic carbocycles. The largest absolute Gasteiger partial charge is 0.375 e. The van der Waals surface area contributed by atoms with Gasteiger partial charge in [0.2, 0.25) is 0 Å². The Kier molecular flexibility index (Phi) is 7.33. The van der Waals surface area contributed by atoms with Gasteiger partial charge in [-0.25, -0.2) is 0 Å². The van der Waals surface area contributed by atoms with Crippen molar-refractivity contribution in [1.29, 1.82) is 0 Å². The summed E-state index contributed by atoms with van der Waals surface area (Å²) in [4.78, 5) is 2.54. The zero-order valence-electron chi connectivity index (χ0n) is 13.7. The zero-order chi connectivity index (χ0) is 14.3. The normalized spacial score (nSPS) is 19.9. The zero-order valence-corrected chi connectivity index (χ0v) is 13.7. The predicted molar refractivity (Wildman–Crippen MR) is 82.6 cm³/mol. The predicted octanol–water partition coefficient (Wildman–Crippen LogP) is 2.90. The first-order chi connectivity index (χ1) is 8.88. The van der Waals surface area contributed by atoms with Gasteiger partial charge in [0.05, 0.1) is 12.7 Å². The highest BCUT2D eigenvalue weighted by Gasteiger charge is 2.18. The Balaban J connectivity index is 2.21. The van der Waals surface area contributed by atoms with Crippen molar-refractivity contribution in [3.8, 4) is 0 Å². The molecule has 3 nitrogen and oxygen atoms in total. The minimum absolute atomic E-state index is 0.170. The van der Waals surface area contributed by atoms with Crippen molar-refractivity contribution in [3.63, 3.8) is 0 Å². The molecule has 1 atom stereocenters. The first kappa shape index (κ1) is 16.9. The average molecular weight is 270 g/mol. The molecular weight excluding hydrogens is 236 g/mol. The van der Waals surface area contributed by atoms with Crippen LogP contribution in [0.4, 0.5) is 0 Å². The molecule has 1 unspecified atom stereocenters. The van der Waals surface area contributed by atoms with Crippen LogP contribution in [-0.2, 0) is 4.74 Å². The second-order valence-electron chi connectivity index (χ2n) is 7.19. The summed E-state index contributed by atoms with van der Waals surface area (Å²) in [6, 6.07) is 0. The van der Waals surface area contributed by atoms with E-state index in [-0.39, 0.29) is 5.54 Å². The average Bonchev–Trinajstić information content (AvgIpc) is 2.33. The Morgan fingerprint density at radius 1 is 1.11 bits per heavy atom. The number of nitrogens with one attached hydrogen (secondary N) is 1. The van der Waals surface area contributed by atoms with Crippen LogP contribution in [0.2, 0.25) is 0 Å². The van der Waals surface area contributed by atoms with Crippen molar-refractivity contribution in [2.45, 2.75) is 65.5 Å². The molecule has 0 aromatic heterocycles. The van der Waals surface area contributed by atoms with E-state index in [1.54, 1.807) is 0 Å². The van der Waals surface area contributed by atoms with Gasteiger partial charge in [0, 0.05) is 18.6 Å². The molecule has 0 aromatic rings. The Labute approximate surface area is 120 Å². The van der Waals surface area contributed by atoms with E-state index in [2.05, 4.69) is 44.8 Å². The van der Waals surface area contributed by atoms with Crippen LogP contribution in [0.1, 0.15) is 53.9 Å². The summed E-state index contributed by atoms with van der Waals surface area (Å²) in [7, 11) is 0. The molecule has 0 aromatic carbocycles. The summed E-state index contributed by atoms with van der Waals surface area (Å²) < 4.78 is 6.10. The molecule has 1 aliphatic rings. The molecule has 114 valence electrons. The van der Waals surface area contributed by atoms with Gasteiger partial charge < -0.3 is 15.0 Å². The standard InChI is InChI=1S/C16H34N2O/c1-14(2)15(13-17-16(3,4)5)19-12-11-18-9-7-6-8-10-18/h14-15,17H,6-13H2,1-5H3. The third-order valence-electron chi connectivity index (χ3n) is 3.77. The molecule has 1 N–H and O–H groups in total. The van der Waals surface area contributed by atoms with E-state index >= 15 is 0 Å². The Bertz CT molecular complexity index is 229. The molecule has 1 aliphatic heterocycles. The monoisotopic (exact) mass is 270 g/mol. The van der Waals surface area contributed by atoms with Crippen LogP contribution < -0.4 is 5.32 Å². The number of hydrogen-bond donors (Lipinski definition) is 1. The van der Waals surface area contributed by atoms with Crippen LogP contribution in [0.15, 0.2) is 0 Å². The number of piperidine rings is 1. The van der Waals surface area contributed by atoms with E-state index in [4.69, 9.17) is 4.74 Å². The highest BCUT2D eigenvalue weighted by Crippen LogP contribution is 2.10. The quantitative estimate of drug-likeness (QED) is 0.770. The maximum absolute atomic E-state index is 6.10. The Morgan fingerprint density at radius 2 is 1.74 bits per heavy atom. The van der Waals surface area contributed by atoms with Crippen LogP contribution in [-0.4, -0.2) is 49.3 Å². The minimum atomic E-state index is 0.170. The lowest BCUT2D eigenvalue weighted by Gasteiger charge is -2.30. The fourth-order valence-electron chi connectivity index (χ4n) is 2.41. The first-order valence-corrected chi connectivity index (χ1v) is 7.97. The number of ether oxygens (including phenoxy) is 1. The van der Waals surface area contributed by atoms with Crippen molar-refractivity contribution in [3.05, 3.63) is 0 Å². The van der Waals surface area contributed by atoms with Crippen molar-refractivity contribution in [2.75, 3.05) is 32.8 Å². The van der Waals surface area contributed by atoms with Crippen LogP contribution in [0.3, 0.4) is 0 Å². The molecule has 0 radical (unpaired) electrons. The van der Waals surface area contributed by atoms with Gasteiger partial charge >= 0.3 is 0 Å². The fourth-order valence-corrected chi connectivity index (χ4v) is 2.41. The van der Waals surface area contributed by atoms with E-state index in [0.29, 0.717) is 12.0 Å². The number of hydrogen-bond acceptors (Lipinski definition) is 3. The third kappa shape index (κ3) is 7.91. The fraction of sp³-hybridized carbons (Fsp3) is 1.00. The van der Waals surface area contributed by atoms with Gasteiger partial charge in [-0.15, -0.1) is 0 Å². The molecule has 0 bridgehead atoms. The molecule has 0 amide bonds. The Morgan fingerprint density at radius 3 is 2.26 bits per heavy atom. The lowest BCUT2D eigenvalue weighted by molar-refractivity contribution is 0.00601. The van der Waals surface area contributed by atoms with Crippen molar-refractivity contribution >= 4 is 0 Å². The SMILES string of the molecule is CC(C)C(CNC(C)(C)C)OCCN1CCCCC1. The highest BCUT2D eigenvalue weighted by atomic mass is 16.5. The molecule has 19 heavy (non-hydrogen) atoms. The lowest BCUT2D eigenvalue weighted by Crippen LogP contribution is -2.44. The van der Waals surface area contributed by atoms with E-state index in [0.717, 1.165) is 19.7 Å². The molecule has 3 heteroatoms. The summed E-state index contributed by atoms with van der Waals surface area (Å²) in [5.74, 6) is 0.566. The highest BCUT2D eigenvalue weighted by molar-refractivity contribution is 4.75. The first-order valence-electron chi connectivity index (χ1n) is 7.97. The van der Waals surface area contributed by atoms with E-state index < -0.39 is 0 Å². The molecule has 1 fully saturated rings. The lowest BCUT2D eigenvalue weighted by atomic mass is 10.0. The molecule has 0 saturated carbocycles. The van der Waals surface area contributed by atoms with Crippen LogP contribution in [0, 0.1) is 5.92 Å². The number of rotatable bonds is 7. The van der Waals surface area contributed by atoms with Crippen LogP contribution in [0.5, 0.6) is 0 Å². The minimum Gasteiger partial charge on any atom is -0.375 e. The molecule has 1 rings (SSSR count). The van der Waals surface area contributed by atoms with Gasteiger partial charge in [-0.2, -0.15) is 0 Å². The number of likely N-dealkylation sites (tertiary alicyclic amines) is 1. The summed E-state index contributed by atoms with van der Waals surface area (Å²) in [6.07, 6.45) is 4.45. The van der Waals surface area contributed by atoms with E-state index in [9.17, 15) is 0 Å². The van der Waals surface area contributed by atoms with Crippen LogP contribution >= 0.6 is 0 Å². The summed E-state index contributed by atoms with van der Waals surface area (Å²) in [5.41, 5.74) is 0.170. The molecule has 1 saturated heterocycles. The van der Waals surface area contributed by atoms with Crippen molar-refractivity contribution < 1.29 is 4.74 Å². The van der Waals surface area contributed by atoms with E-state index in [1.165, 1.54) is 32.4 Å². The van der Waals surface area contributed by atoms with Gasteiger partial charge in [0.25, 0.3) is 0 Å². The molecule has 1 heterocycles. The summed E-state index contributed by atoms with van der Waals surface area (Å²) in [6.45, 7) is 16.5. The third-order valence-corrected chi connectivity index (χ3v) is 3.77. The van der Waals surface area contributed by atoms with Gasteiger partial charge in [0.15, 0.2) is 0 Å². The van der Waals surface area contributed by atoms with Crippen molar-refractivity contribution in [2.24, 2.45) is 5.92 Å². The van der Waals surface area contributed by atoms with Crippen LogP contribution in [0.25, 0.3) is 0 Å². The topological polar surface area (TPSA) is 24.5 Å². The smallest absolute Gasteiger partial charge is 0.0723 e. The second-order valence-corrected chi connectivity index (χ2v) is 7.19. The van der Waals surface area contributed by atoms with Crippen molar-refractivity contribution in [1.82, 2.24) is 10.2 Å².